The normalized spacial score (nSPS) is 9.50. The number of carbonyl (C=O) groups is 1. The van der Waals surface area contributed by atoms with E-state index in [2.05, 4.69) is 5.32 Å². The Morgan fingerprint density at radius 1 is 1.50 bits per heavy atom. The first-order chi connectivity index (χ1) is 5.37. The average molecular weight is 177 g/mol. The minimum absolute atomic E-state index is 0.250. The topological polar surface area (TPSA) is 58.6 Å². The van der Waals surface area contributed by atoms with Gasteiger partial charge in [-0.3, -0.25) is 0 Å². The Hall–Kier alpha value is -0.770. The summed E-state index contributed by atoms with van der Waals surface area (Å²) >= 11 is 0. The van der Waals surface area contributed by atoms with Crippen LogP contribution in [0.5, 0.6) is 0 Å². The molecule has 0 aliphatic carbocycles. The number of hydrogen-bond donors (Lipinski definition) is 2. The zero-order valence-corrected chi connectivity index (χ0v) is 8.47. The molecule has 0 saturated carbocycles. The highest BCUT2D eigenvalue weighted by atomic mass is 16.6. The number of ether oxygens (including phenoxy) is 1. The van der Waals surface area contributed by atoms with Crippen LogP contribution in [0.3, 0.4) is 0 Å². The second-order valence-corrected chi connectivity index (χ2v) is 3.07. The number of aliphatic hydroxyl groups excluding tert-OH is 1. The van der Waals surface area contributed by atoms with Gasteiger partial charge in [-0.05, 0) is 27.7 Å². The molecule has 0 bridgehead atoms. The number of rotatable bonds is 0. The molecule has 0 heterocycles. The molecule has 74 valence electrons. The Kier molecular flexibility index (Phi) is 7.94. The second-order valence-electron chi connectivity index (χ2n) is 3.07. The van der Waals surface area contributed by atoms with Crippen LogP contribution in [-0.4, -0.2) is 30.5 Å². The van der Waals surface area contributed by atoms with Gasteiger partial charge in [0, 0.05) is 13.7 Å². The van der Waals surface area contributed by atoms with Gasteiger partial charge in [0.25, 0.3) is 0 Å². The van der Waals surface area contributed by atoms with E-state index < -0.39 is 0 Å². The van der Waals surface area contributed by atoms with Crippen molar-refractivity contribution >= 4 is 6.09 Å². The molecular weight excluding hydrogens is 158 g/mol. The van der Waals surface area contributed by atoms with Crippen molar-refractivity contribution in [1.82, 2.24) is 5.32 Å². The molecule has 0 aliphatic heterocycles. The van der Waals surface area contributed by atoms with Crippen molar-refractivity contribution in [2.45, 2.75) is 33.3 Å². The van der Waals surface area contributed by atoms with E-state index in [1.54, 1.807) is 6.92 Å². The Balaban J connectivity index is 0. The lowest BCUT2D eigenvalue weighted by molar-refractivity contribution is 0.0541. The van der Waals surface area contributed by atoms with E-state index in [0.717, 1.165) is 0 Å². The Labute approximate surface area is 73.9 Å². The van der Waals surface area contributed by atoms with Gasteiger partial charge >= 0.3 is 6.09 Å². The van der Waals surface area contributed by atoms with Crippen LogP contribution in [-0.2, 0) is 4.74 Å². The maximum absolute atomic E-state index is 10.5. The summed E-state index contributed by atoms with van der Waals surface area (Å²) in [6.45, 7) is 7.40. The Morgan fingerprint density at radius 3 is 1.92 bits per heavy atom. The minimum atomic E-state index is -0.389. The molecule has 4 heteroatoms. The van der Waals surface area contributed by atoms with Crippen molar-refractivity contribution in [1.29, 1.82) is 0 Å². The molecule has 0 radical (unpaired) electrons. The maximum Gasteiger partial charge on any atom is 0.407 e. The third-order valence-corrected chi connectivity index (χ3v) is 0.603. The molecule has 0 saturated heterocycles. The molecule has 0 aromatic rings. The first kappa shape index (κ1) is 13.8. The van der Waals surface area contributed by atoms with Crippen LogP contribution < -0.4 is 5.32 Å². The number of amides is 1. The molecule has 0 aromatic carbocycles. The highest BCUT2D eigenvalue weighted by molar-refractivity contribution is 5.67. The molecule has 0 aliphatic rings. The van der Waals surface area contributed by atoms with Crippen molar-refractivity contribution < 1.29 is 14.6 Å². The fourth-order valence-electron chi connectivity index (χ4n) is 0.329. The van der Waals surface area contributed by atoms with E-state index in [4.69, 9.17) is 9.84 Å². The lowest BCUT2D eigenvalue weighted by atomic mass is 10.2. The lowest BCUT2D eigenvalue weighted by Gasteiger charge is -2.18. The summed E-state index contributed by atoms with van der Waals surface area (Å²) in [7, 11) is 1.54. The van der Waals surface area contributed by atoms with Gasteiger partial charge in [0.1, 0.15) is 5.60 Å². The standard InChI is InChI=1S/C6H13NO2.C2H6O/c1-6(2,3)9-5(8)7-4;1-2-3/h1-4H3,(H,7,8);3H,2H2,1H3. The molecule has 0 aromatic heterocycles. The molecule has 0 unspecified atom stereocenters. The Morgan fingerprint density at radius 2 is 1.83 bits per heavy atom. The van der Waals surface area contributed by atoms with Crippen LogP contribution in [0.1, 0.15) is 27.7 Å². The van der Waals surface area contributed by atoms with Gasteiger partial charge in [-0.15, -0.1) is 0 Å². The number of carbonyl (C=O) groups excluding carboxylic acids is 1. The van der Waals surface area contributed by atoms with E-state index in [0.29, 0.717) is 0 Å². The highest BCUT2D eigenvalue weighted by Gasteiger charge is 2.13. The third kappa shape index (κ3) is 16.1. The van der Waals surface area contributed by atoms with Gasteiger partial charge < -0.3 is 15.2 Å². The molecule has 4 nitrogen and oxygen atoms in total. The fraction of sp³-hybridized carbons (Fsp3) is 0.875. The van der Waals surface area contributed by atoms with E-state index in [9.17, 15) is 4.79 Å². The monoisotopic (exact) mass is 177 g/mol. The Bertz CT molecular complexity index is 118. The quantitative estimate of drug-likeness (QED) is 0.583. The molecule has 0 spiro atoms. The summed E-state index contributed by atoms with van der Waals surface area (Å²) < 4.78 is 4.84. The van der Waals surface area contributed by atoms with Crippen LogP contribution in [0, 0.1) is 0 Å². The van der Waals surface area contributed by atoms with E-state index >= 15 is 0 Å². The largest absolute Gasteiger partial charge is 0.444 e. The van der Waals surface area contributed by atoms with Gasteiger partial charge in [0.2, 0.25) is 0 Å². The van der Waals surface area contributed by atoms with Crippen molar-refractivity contribution in [3.05, 3.63) is 0 Å². The van der Waals surface area contributed by atoms with Crippen LogP contribution in [0.25, 0.3) is 0 Å². The first-order valence-corrected chi connectivity index (χ1v) is 3.89. The molecule has 12 heavy (non-hydrogen) atoms. The van der Waals surface area contributed by atoms with Crippen LogP contribution in [0.2, 0.25) is 0 Å². The van der Waals surface area contributed by atoms with Gasteiger partial charge in [-0.2, -0.15) is 0 Å². The van der Waals surface area contributed by atoms with Crippen molar-refractivity contribution in [3.63, 3.8) is 0 Å². The molecule has 2 N–H and O–H groups in total. The number of alkyl carbamates (subject to hydrolysis) is 1. The molecule has 0 atom stereocenters. The fourth-order valence-corrected chi connectivity index (χ4v) is 0.329. The SMILES string of the molecule is CCO.CNC(=O)OC(C)(C)C. The molecule has 1 amide bonds. The number of hydrogen-bond acceptors (Lipinski definition) is 3. The van der Waals surface area contributed by atoms with Crippen LogP contribution in [0.15, 0.2) is 0 Å². The maximum atomic E-state index is 10.5. The van der Waals surface area contributed by atoms with E-state index in [1.807, 2.05) is 20.8 Å². The van der Waals surface area contributed by atoms with Crippen LogP contribution >= 0.6 is 0 Å². The van der Waals surface area contributed by atoms with Gasteiger partial charge in [-0.25, -0.2) is 4.79 Å². The second kappa shape index (κ2) is 6.91. The van der Waals surface area contributed by atoms with Crippen molar-refractivity contribution in [3.8, 4) is 0 Å². The third-order valence-electron chi connectivity index (χ3n) is 0.603. The van der Waals surface area contributed by atoms with Crippen molar-refractivity contribution in [2.75, 3.05) is 13.7 Å². The average Bonchev–Trinajstić information content (AvgIpc) is 1.86. The van der Waals surface area contributed by atoms with E-state index in [-0.39, 0.29) is 18.3 Å². The number of nitrogens with one attached hydrogen (secondary N) is 1. The summed E-state index contributed by atoms with van der Waals surface area (Å²) in [6.07, 6.45) is -0.387. The van der Waals surface area contributed by atoms with Crippen LogP contribution in [0.4, 0.5) is 4.79 Å². The van der Waals surface area contributed by atoms with Gasteiger partial charge in [0.15, 0.2) is 0 Å². The lowest BCUT2D eigenvalue weighted by Crippen LogP contribution is -2.30. The highest BCUT2D eigenvalue weighted by Crippen LogP contribution is 2.05. The zero-order valence-electron chi connectivity index (χ0n) is 8.47. The smallest absolute Gasteiger partial charge is 0.407 e. The summed E-state index contributed by atoms with van der Waals surface area (Å²) in [6, 6.07) is 0. The van der Waals surface area contributed by atoms with Gasteiger partial charge in [-0.1, -0.05) is 0 Å². The van der Waals surface area contributed by atoms with Crippen molar-refractivity contribution in [2.24, 2.45) is 0 Å². The summed E-state index contributed by atoms with van der Waals surface area (Å²) in [5.74, 6) is 0. The number of aliphatic hydroxyl groups is 1. The zero-order chi connectivity index (χ0) is 10.2. The molecule has 0 rings (SSSR count). The molecular formula is C8H19NO3. The predicted molar refractivity (Wildman–Crippen MR) is 48.1 cm³/mol. The summed E-state index contributed by atoms with van der Waals surface area (Å²) in [5, 5.41) is 9.93. The van der Waals surface area contributed by atoms with Gasteiger partial charge in [0.05, 0.1) is 0 Å². The summed E-state index contributed by atoms with van der Waals surface area (Å²) in [5.41, 5.74) is -0.389. The first-order valence-electron chi connectivity index (χ1n) is 3.89. The predicted octanol–water partition coefficient (Wildman–Crippen LogP) is 1.14. The summed E-state index contributed by atoms with van der Waals surface area (Å²) in [4.78, 5) is 10.5. The molecule has 0 fully saturated rings. The minimum Gasteiger partial charge on any atom is -0.444 e. The van der Waals surface area contributed by atoms with E-state index in [1.165, 1.54) is 7.05 Å².